The molecule has 1 fully saturated rings. The van der Waals surface area contributed by atoms with E-state index in [1.165, 1.54) is 37.7 Å². The van der Waals surface area contributed by atoms with Crippen LogP contribution in [0, 0.1) is 11.8 Å². The summed E-state index contributed by atoms with van der Waals surface area (Å²) in [6.45, 7) is 2.30. The van der Waals surface area contributed by atoms with Crippen LogP contribution in [0.4, 0.5) is 0 Å². The van der Waals surface area contributed by atoms with E-state index in [0.29, 0.717) is 5.92 Å². The Balaban J connectivity index is 1.94. The van der Waals surface area contributed by atoms with Crippen LogP contribution in [0.3, 0.4) is 0 Å². The van der Waals surface area contributed by atoms with E-state index in [2.05, 4.69) is 18.0 Å². The highest BCUT2D eigenvalue weighted by molar-refractivity contribution is 5.14. The molecule has 1 saturated carbocycles. The van der Waals surface area contributed by atoms with E-state index in [1.807, 2.05) is 18.5 Å². The number of aromatic nitrogens is 1. The number of pyridine rings is 1. The van der Waals surface area contributed by atoms with Gasteiger partial charge in [-0.2, -0.15) is 0 Å². The second-order valence-corrected chi connectivity index (χ2v) is 5.00. The lowest BCUT2D eigenvalue weighted by atomic mass is 9.76. The Morgan fingerprint density at radius 2 is 2.12 bits per heavy atom. The van der Waals surface area contributed by atoms with E-state index in [9.17, 15) is 0 Å². The molecule has 1 aliphatic rings. The van der Waals surface area contributed by atoms with Gasteiger partial charge in [0, 0.05) is 18.4 Å². The van der Waals surface area contributed by atoms with Crippen LogP contribution in [-0.2, 0) is 0 Å². The maximum atomic E-state index is 6.32. The van der Waals surface area contributed by atoms with Crippen molar-refractivity contribution in [2.75, 3.05) is 0 Å². The van der Waals surface area contributed by atoms with Crippen molar-refractivity contribution in [3.8, 4) is 0 Å². The van der Waals surface area contributed by atoms with Crippen LogP contribution < -0.4 is 5.73 Å². The molecule has 2 heteroatoms. The number of hydrogen-bond acceptors (Lipinski definition) is 2. The molecule has 0 radical (unpaired) electrons. The van der Waals surface area contributed by atoms with Gasteiger partial charge in [0.25, 0.3) is 0 Å². The van der Waals surface area contributed by atoms with Gasteiger partial charge in [-0.1, -0.05) is 32.3 Å². The van der Waals surface area contributed by atoms with Crippen LogP contribution in [0.2, 0.25) is 0 Å². The van der Waals surface area contributed by atoms with Crippen LogP contribution in [0.15, 0.2) is 24.5 Å². The van der Waals surface area contributed by atoms with Crippen LogP contribution in [0.25, 0.3) is 0 Å². The fraction of sp³-hybridized carbons (Fsp3) is 0.643. The quantitative estimate of drug-likeness (QED) is 0.845. The molecule has 0 spiro atoms. The zero-order chi connectivity index (χ0) is 11.4. The van der Waals surface area contributed by atoms with Crippen LogP contribution in [-0.4, -0.2) is 4.98 Å². The third-order valence-electron chi connectivity index (χ3n) is 4.05. The zero-order valence-electron chi connectivity index (χ0n) is 10.1. The number of hydrogen-bond donors (Lipinski definition) is 1. The number of nitrogens with zero attached hydrogens (tertiary/aromatic N) is 1. The summed E-state index contributed by atoms with van der Waals surface area (Å²) in [7, 11) is 0. The molecule has 0 saturated heterocycles. The minimum absolute atomic E-state index is 0.187. The molecule has 0 amide bonds. The van der Waals surface area contributed by atoms with Crippen molar-refractivity contribution < 1.29 is 0 Å². The predicted molar refractivity (Wildman–Crippen MR) is 66.9 cm³/mol. The van der Waals surface area contributed by atoms with Gasteiger partial charge < -0.3 is 5.73 Å². The van der Waals surface area contributed by atoms with Gasteiger partial charge in [0.05, 0.1) is 0 Å². The molecule has 1 aromatic rings. The highest BCUT2D eigenvalue weighted by atomic mass is 14.7. The molecule has 1 aliphatic carbocycles. The first-order valence-corrected chi connectivity index (χ1v) is 6.46. The Morgan fingerprint density at radius 3 is 2.69 bits per heavy atom. The van der Waals surface area contributed by atoms with Crippen molar-refractivity contribution in [1.29, 1.82) is 0 Å². The van der Waals surface area contributed by atoms with Crippen LogP contribution >= 0.6 is 0 Å². The highest BCUT2D eigenvalue weighted by Crippen LogP contribution is 2.36. The third-order valence-corrected chi connectivity index (χ3v) is 4.05. The second-order valence-electron chi connectivity index (χ2n) is 5.00. The molecule has 1 heterocycles. The summed E-state index contributed by atoms with van der Waals surface area (Å²) in [6, 6.07) is 4.27. The molecule has 88 valence electrons. The van der Waals surface area contributed by atoms with Crippen molar-refractivity contribution in [1.82, 2.24) is 4.98 Å². The summed E-state index contributed by atoms with van der Waals surface area (Å²) in [4.78, 5) is 4.15. The van der Waals surface area contributed by atoms with E-state index in [-0.39, 0.29) is 6.04 Å². The average molecular weight is 218 g/mol. The first kappa shape index (κ1) is 11.6. The largest absolute Gasteiger partial charge is 0.324 e. The molecule has 1 unspecified atom stereocenters. The van der Waals surface area contributed by atoms with Gasteiger partial charge >= 0.3 is 0 Å². The monoisotopic (exact) mass is 218 g/mol. The summed E-state index contributed by atoms with van der Waals surface area (Å²) in [5, 5.41) is 0. The van der Waals surface area contributed by atoms with Crippen LogP contribution in [0.1, 0.15) is 50.6 Å². The molecular formula is C14H22N2. The van der Waals surface area contributed by atoms with Gasteiger partial charge in [0.15, 0.2) is 0 Å². The molecule has 2 N–H and O–H groups in total. The smallest absolute Gasteiger partial charge is 0.0338 e. The van der Waals surface area contributed by atoms with Gasteiger partial charge in [0.1, 0.15) is 0 Å². The van der Waals surface area contributed by atoms with Crippen molar-refractivity contribution in [3.63, 3.8) is 0 Å². The van der Waals surface area contributed by atoms with Gasteiger partial charge in [-0.15, -0.1) is 0 Å². The van der Waals surface area contributed by atoms with E-state index in [1.54, 1.807) is 0 Å². The minimum Gasteiger partial charge on any atom is -0.324 e. The topological polar surface area (TPSA) is 38.9 Å². The molecule has 2 rings (SSSR count). The normalized spacial score (nSPS) is 27.6. The summed E-state index contributed by atoms with van der Waals surface area (Å²) < 4.78 is 0. The van der Waals surface area contributed by atoms with E-state index < -0.39 is 0 Å². The number of rotatable bonds is 3. The number of nitrogens with two attached hydrogens (primary N) is 1. The lowest BCUT2D eigenvalue weighted by Gasteiger charge is -2.31. The van der Waals surface area contributed by atoms with Crippen molar-refractivity contribution in [2.45, 2.75) is 45.1 Å². The molecule has 16 heavy (non-hydrogen) atoms. The molecule has 2 nitrogen and oxygen atoms in total. The van der Waals surface area contributed by atoms with E-state index >= 15 is 0 Å². The molecule has 0 aliphatic heterocycles. The minimum atomic E-state index is 0.187. The summed E-state index contributed by atoms with van der Waals surface area (Å²) in [5.41, 5.74) is 7.51. The molecule has 1 atom stereocenters. The second kappa shape index (κ2) is 5.44. The van der Waals surface area contributed by atoms with E-state index in [0.717, 1.165) is 5.92 Å². The Bertz CT molecular complexity index is 302. The summed E-state index contributed by atoms with van der Waals surface area (Å²) in [6.07, 6.45) is 10.3. The Kier molecular flexibility index (Phi) is 3.94. The fourth-order valence-electron chi connectivity index (χ4n) is 2.80. The highest BCUT2D eigenvalue weighted by Gasteiger charge is 2.25. The molecule has 1 aromatic heterocycles. The molecule has 0 aromatic carbocycles. The predicted octanol–water partition coefficient (Wildman–Crippen LogP) is 3.30. The van der Waals surface area contributed by atoms with Gasteiger partial charge in [0.2, 0.25) is 0 Å². The standard InChI is InChI=1S/C14H22N2/c1-2-11-5-7-12(8-6-11)14(15)13-4-3-9-16-10-13/h3-4,9-12,14H,2,5-8,15H2,1H3. The summed E-state index contributed by atoms with van der Waals surface area (Å²) >= 11 is 0. The first-order chi connectivity index (χ1) is 7.81. The zero-order valence-corrected chi connectivity index (χ0v) is 10.1. The molecule has 0 bridgehead atoms. The van der Waals surface area contributed by atoms with Gasteiger partial charge in [-0.05, 0) is 36.3 Å². The Hall–Kier alpha value is -0.890. The maximum Gasteiger partial charge on any atom is 0.0338 e. The van der Waals surface area contributed by atoms with Crippen molar-refractivity contribution >= 4 is 0 Å². The van der Waals surface area contributed by atoms with Crippen LogP contribution in [0.5, 0.6) is 0 Å². The lowest BCUT2D eigenvalue weighted by molar-refractivity contribution is 0.240. The fourth-order valence-corrected chi connectivity index (χ4v) is 2.80. The first-order valence-electron chi connectivity index (χ1n) is 6.46. The van der Waals surface area contributed by atoms with Gasteiger partial charge in [-0.3, -0.25) is 4.98 Å². The third kappa shape index (κ3) is 2.62. The van der Waals surface area contributed by atoms with Crippen molar-refractivity contribution in [2.24, 2.45) is 17.6 Å². The van der Waals surface area contributed by atoms with Crippen molar-refractivity contribution in [3.05, 3.63) is 30.1 Å². The molecular weight excluding hydrogens is 196 g/mol. The average Bonchev–Trinajstić information content (AvgIpc) is 2.39. The Labute approximate surface area is 98.3 Å². The Morgan fingerprint density at radius 1 is 1.38 bits per heavy atom. The SMILES string of the molecule is CCC1CCC(C(N)c2cccnc2)CC1. The maximum absolute atomic E-state index is 6.32. The van der Waals surface area contributed by atoms with Gasteiger partial charge in [-0.25, -0.2) is 0 Å². The summed E-state index contributed by atoms with van der Waals surface area (Å²) in [5.74, 6) is 1.60. The van der Waals surface area contributed by atoms with E-state index in [4.69, 9.17) is 5.73 Å². The lowest BCUT2D eigenvalue weighted by Crippen LogP contribution is -2.26.